The molecule has 106 valence electrons. The number of benzene rings is 1. The van der Waals surface area contributed by atoms with Gasteiger partial charge in [0.15, 0.2) is 10.9 Å². The first-order valence-corrected chi connectivity index (χ1v) is 7.75. The van der Waals surface area contributed by atoms with Crippen molar-refractivity contribution in [1.82, 2.24) is 4.98 Å². The van der Waals surface area contributed by atoms with Crippen LogP contribution in [0.15, 0.2) is 18.2 Å². The number of nitrogen functional groups attached to an aromatic ring is 1. The largest absolute Gasteiger partial charge is 0.399 e. The SMILES string of the molecule is Nc1ccc2nc(N3CCC4(CC3)OCCO4)sc2c1. The fraction of sp³-hybridized carbons (Fsp3) is 0.500. The zero-order valence-electron chi connectivity index (χ0n) is 11.2. The number of nitrogens with two attached hydrogens (primary N) is 1. The molecule has 0 amide bonds. The van der Waals surface area contributed by atoms with E-state index in [2.05, 4.69) is 4.90 Å². The van der Waals surface area contributed by atoms with E-state index >= 15 is 0 Å². The Labute approximate surface area is 121 Å². The molecule has 0 unspecified atom stereocenters. The molecule has 2 fully saturated rings. The van der Waals surface area contributed by atoms with E-state index in [1.54, 1.807) is 11.3 Å². The summed E-state index contributed by atoms with van der Waals surface area (Å²) in [5.74, 6) is -0.322. The summed E-state index contributed by atoms with van der Waals surface area (Å²) in [6, 6.07) is 5.88. The summed E-state index contributed by atoms with van der Waals surface area (Å²) in [5.41, 5.74) is 7.63. The lowest BCUT2D eigenvalue weighted by Crippen LogP contribution is -2.45. The second kappa shape index (κ2) is 4.58. The summed E-state index contributed by atoms with van der Waals surface area (Å²) < 4.78 is 12.7. The van der Waals surface area contributed by atoms with Crippen LogP contribution in [0.2, 0.25) is 0 Å². The Balaban J connectivity index is 1.55. The van der Waals surface area contributed by atoms with Crippen LogP contribution < -0.4 is 10.6 Å². The molecule has 1 aromatic heterocycles. The number of hydrogen-bond acceptors (Lipinski definition) is 6. The fourth-order valence-electron chi connectivity index (χ4n) is 2.89. The summed E-state index contributed by atoms with van der Waals surface area (Å²) in [7, 11) is 0. The Morgan fingerprint density at radius 1 is 1.20 bits per heavy atom. The molecule has 20 heavy (non-hydrogen) atoms. The van der Waals surface area contributed by atoms with Gasteiger partial charge in [0.25, 0.3) is 0 Å². The van der Waals surface area contributed by atoms with Crippen LogP contribution in [-0.4, -0.2) is 37.1 Å². The van der Waals surface area contributed by atoms with Gasteiger partial charge in [-0.25, -0.2) is 4.98 Å². The number of piperidine rings is 1. The monoisotopic (exact) mass is 291 g/mol. The van der Waals surface area contributed by atoms with Gasteiger partial charge in [0, 0.05) is 31.6 Å². The highest BCUT2D eigenvalue weighted by molar-refractivity contribution is 7.22. The molecule has 2 N–H and O–H groups in total. The quantitative estimate of drug-likeness (QED) is 0.816. The molecule has 6 heteroatoms. The Morgan fingerprint density at radius 3 is 2.70 bits per heavy atom. The van der Waals surface area contributed by atoms with E-state index in [0.717, 1.165) is 60.2 Å². The maximum Gasteiger partial charge on any atom is 0.186 e. The van der Waals surface area contributed by atoms with Crippen molar-refractivity contribution in [3.63, 3.8) is 0 Å². The molecule has 2 aliphatic heterocycles. The van der Waals surface area contributed by atoms with Crippen molar-refractivity contribution in [2.24, 2.45) is 0 Å². The first-order valence-electron chi connectivity index (χ1n) is 6.93. The van der Waals surface area contributed by atoms with Crippen LogP contribution in [0.4, 0.5) is 10.8 Å². The molecule has 4 rings (SSSR count). The number of hydrogen-bond donors (Lipinski definition) is 1. The van der Waals surface area contributed by atoms with Crippen LogP contribution in [0.1, 0.15) is 12.8 Å². The van der Waals surface area contributed by atoms with Crippen LogP contribution >= 0.6 is 11.3 Å². The third kappa shape index (κ3) is 2.04. The van der Waals surface area contributed by atoms with E-state index in [-0.39, 0.29) is 5.79 Å². The molecule has 1 spiro atoms. The number of rotatable bonds is 1. The van der Waals surface area contributed by atoms with Gasteiger partial charge in [-0.05, 0) is 18.2 Å². The summed E-state index contributed by atoms with van der Waals surface area (Å²) >= 11 is 1.70. The summed E-state index contributed by atoms with van der Waals surface area (Å²) in [5, 5.41) is 1.07. The molecule has 3 heterocycles. The molecule has 1 aromatic carbocycles. The van der Waals surface area contributed by atoms with Gasteiger partial charge in [0.1, 0.15) is 0 Å². The van der Waals surface area contributed by atoms with E-state index in [4.69, 9.17) is 20.2 Å². The molecule has 0 bridgehead atoms. The third-order valence-corrected chi connectivity index (χ3v) is 5.09. The van der Waals surface area contributed by atoms with Crippen molar-refractivity contribution in [3.05, 3.63) is 18.2 Å². The van der Waals surface area contributed by atoms with Gasteiger partial charge in [-0.2, -0.15) is 0 Å². The minimum Gasteiger partial charge on any atom is -0.399 e. The molecular formula is C14H17N3O2S. The number of ether oxygens (including phenoxy) is 2. The van der Waals surface area contributed by atoms with E-state index in [0.29, 0.717) is 0 Å². The van der Waals surface area contributed by atoms with Gasteiger partial charge < -0.3 is 20.1 Å². The summed E-state index contributed by atoms with van der Waals surface area (Å²) in [6.45, 7) is 3.30. The number of aromatic nitrogens is 1. The maximum absolute atomic E-state index is 5.82. The highest BCUT2D eigenvalue weighted by Gasteiger charge is 2.40. The lowest BCUT2D eigenvalue weighted by atomic mass is 10.0. The molecule has 0 atom stereocenters. The minimum atomic E-state index is -0.322. The number of anilines is 2. The fourth-order valence-corrected chi connectivity index (χ4v) is 3.95. The molecule has 0 aliphatic carbocycles. The predicted octanol–water partition coefficient (Wildman–Crippen LogP) is 2.22. The van der Waals surface area contributed by atoms with E-state index in [1.807, 2.05) is 18.2 Å². The van der Waals surface area contributed by atoms with Crippen LogP contribution in [-0.2, 0) is 9.47 Å². The standard InChI is InChI=1S/C14H17N3O2S/c15-10-1-2-11-12(9-10)20-13(16-11)17-5-3-14(4-6-17)18-7-8-19-14/h1-2,9H,3-8,15H2. The van der Waals surface area contributed by atoms with Gasteiger partial charge in [0.05, 0.1) is 23.4 Å². The average Bonchev–Trinajstić information content (AvgIpc) is 3.06. The van der Waals surface area contributed by atoms with E-state index in [9.17, 15) is 0 Å². The number of nitrogens with zero attached hydrogens (tertiary/aromatic N) is 2. The molecule has 5 nitrogen and oxygen atoms in total. The average molecular weight is 291 g/mol. The normalized spacial score (nSPS) is 21.9. The second-order valence-electron chi connectivity index (χ2n) is 5.32. The number of fused-ring (bicyclic) bond motifs is 1. The van der Waals surface area contributed by atoms with Crippen LogP contribution in [0.25, 0.3) is 10.2 Å². The van der Waals surface area contributed by atoms with Gasteiger partial charge in [-0.15, -0.1) is 0 Å². The molecule has 2 aromatic rings. The summed E-state index contributed by atoms with van der Waals surface area (Å²) in [4.78, 5) is 7.02. The van der Waals surface area contributed by atoms with Gasteiger partial charge >= 0.3 is 0 Å². The Bertz CT molecular complexity index is 626. The Morgan fingerprint density at radius 2 is 1.95 bits per heavy atom. The predicted molar refractivity (Wildman–Crippen MR) is 80.1 cm³/mol. The van der Waals surface area contributed by atoms with Crippen molar-refractivity contribution < 1.29 is 9.47 Å². The highest BCUT2D eigenvalue weighted by Crippen LogP contribution is 2.36. The van der Waals surface area contributed by atoms with Crippen LogP contribution in [0, 0.1) is 0 Å². The first-order chi connectivity index (χ1) is 9.74. The molecule has 2 aliphatic rings. The first kappa shape index (κ1) is 12.4. The van der Waals surface area contributed by atoms with Crippen molar-refractivity contribution in [3.8, 4) is 0 Å². The third-order valence-electron chi connectivity index (χ3n) is 4.01. The van der Waals surface area contributed by atoms with Crippen molar-refractivity contribution in [2.75, 3.05) is 36.9 Å². The zero-order chi connectivity index (χ0) is 13.6. The lowest BCUT2D eigenvalue weighted by Gasteiger charge is -2.37. The summed E-state index contributed by atoms with van der Waals surface area (Å²) in [6.07, 6.45) is 1.82. The van der Waals surface area contributed by atoms with Gasteiger partial charge in [0.2, 0.25) is 0 Å². The minimum absolute atomic E-state index is 0.322. The highest BCUT2D eigenvalue weighted by atomic mass is 32.1. The topological polar surface area (TPSA) is 60.6 Å². The van der Waals surface area contributed by atoms with Crippen molar-refractivity contribution >= 4 is 32.4 Å². The number of thiazole rings is 1. The van der Waals surface area contributed by atoms with E-state index in [1.165, 1.54) is 0 Å². The van der Waals surface area contributed by atoms with Crippen molar-refractivity contribution in [1.29, 1.82) is 0 Å². The van der Waals surface area contributed by atoms with Crippen LogP contribution in [0.5, 0.6) is 0 Å². The van der Waals surface area contributed by atoms with Gasteiger partial charge in [-0.3, -0.25) is 0 Å². The maximum atomic E-state index is 5.82. The van der Waals surface area contributed by atoms with Gasteiger partial charge in [-0.1, -0.05) is 11.3 Å². The molecular weight excluding hydrogens is 274 g/mol. The van der Waals surface area contributed by atoms with Crippen LogP contribution in [0.3, 0.4) is 0 Å². The Hall–Kier alpha value is -1.37. The zero-order valence-corrected chi connectivity index (χ0v) is 12.0. The van der Waals surface area contributed by atoms with E-state index < -0.39 is 0 Å². The lowest BCUT2D eigenvalue weighted by molar-refractivity contribution is -0.169. The van der Waals surface area contributed by atoms with Crippen molar-refractivity contribution in [2.45, 2.75) is 18.6 Å². The Kier molecular flexibility index (Phi) is 2.83. The molecule has 0 saturated carbocycles. The smallest absolute Gasteiger partial charge is 0.186 e. The second-order valence-corrected chi connectivity index (χ2v) is 6.33. The molecule has 2 saturated heterocycles. The molecule has 0 radical (unpaired) electrons.